The molecule has 172 valence electrons. The Balaban J connectivity index is 1.39. The molecule has 1 fully saturated rings. The van der Waals surface area contributed by atoms with E-state index in [0.29, 0.717) is 25.2 Å². The monoisotopic (exact) mass is 455 g/mol. The molecular weight excluding hydrogens is 429 g/mol. The number of halogens is 1. The van der Waals surface area contributed by atoms with Gasteiger partial charge in [0, 0.05) is 37.6 Å². The summed E-state index contributed by atoms with van der Waals surface area (Å²) in [5.74, 6) is 0.909. The highest BCUT2D eigenvalue weighted by Crippen LogP contribution is 2.36. The van der Waals surface area contributed by atoms with E-state index in [1.807, 2.05) is 55.1 Å². The van der Waals surface area contributed by atoms with Crippen molar-refractivity contribution in [3.63, 3.8) is 0 Å². The van der Waals surface area contributed by atoms with E-state index in [1.165, 1.54) is 5.56 Å². The summed E-state index contributed by atoms with van der Waals surface area (Å²) in [5.41, 5.74) is 7.17. The summed E-state index contributed by atoms with van der Waals surface area (Å²) < 4.78 is 19.0. The number of nitriles is 1. The average Bonchev–Trinajstić information content (AvgIpc) is 3.39. The van der Waals surface area contributed by atoms with Gasteiger partial charge in [0.1, 0.15) is 6.17 Å². The van der Waals surface area contributed by atoms with Crippen molar-refractivity contribution in [2.24, 2.45) is 7.05 Å². The number of alkyl halides is 1. The smallest absolute Gasteiger partial charge is 0.199 e. The maximum atomic E-state index is 14.6. The second-order valence-electron chi connectivity index (χ2n) is 9.42. The number of benzene rings is 2. The molecule has 2 atom stereocenters. The first-order valence-electron chi connectivity index (χ1n) is 11.4. The number of hydrogen-bond donors (Lipinski definition) is 0. The molecule has 34 heavy (non-hydrogen) atoms. The van der Waals surface area contributed by atoms with Crippen LogP contribution in [0.4, 0.5) is 10.1 Å². The molecule has 0 spiro atoms. The normalized spacial score (nSPS) is 19.0. The summed E-state index contributed by atoms with van der Waals surface area (Å²) in [5, 5.41) is 13.8. The summed E-state index contributed by atoms with van der Waals surface area (Å²) in [6.45, 7) is 1.79. The van der Waals surface area contributed by atoms with E-state index in [1.54, 1.807) is 0 Å². The Hall–Kier alpha value is -3.83. The van der Waals surface area contributed by atoms with Crippen molar-refractivity contribution in [3.05, 3.63) is 65.9 Å². The van der Waals surface area contributed by atoms with E-state index < -0.39 is 6.17 Å². The first-order chi connectivity index (χ1) is 16.4. The fraction of sp³-hybridized carbons (Fsp3) is 0.308. The van der Waals surface area contributed by atoms with Crippen molar-refractivity contribution >= 4 is 5.69 Å². The lowest BCUT2D eigenvalue weighted by Gasteiger charge is -2.24. The highest BCUT2D eigenvalue weighted by molar-refractivity contribution is 5.72. The molecule has 0 saturated carbocycles. The third-order valence-electron chi connectivity index (χ3n) is 7.08. The minimum Gasteiger partial charge on any atom is -0.367 e. The minimum atomic E-state index is -0.861. The molecule has 0 unspecified atom stereocenters. The summed E-state index contributed by atoms with van der Waals surface area (Å²) in [7, 11) is 5.83. The zero-order chi connectivity index (χ0) is 23.6. The Labute approximate surface area is 197 Å². The van der Waals surface area contributed by atoms with Gasteiger partial charge in [-0.05, 0) is 61.6 Å². The van der Waals surface area contributed by atoms with Gasteiger partial charge in [0.25, 0.3) is 0 Å². The first kappa shape index (κ1) is 20.8. The number of hydrogen-bond acceptors (Lipinski definition) is 4. The van der Waals surface area contributed by atoms with Crippen molar-refractivity contribution in [1.29, 1.82) is 5.26 Å². The number of nitrogens with zero attached hydrogens (tertiary/aromatic N) is 7. The van der Waals surface area contributed by atoms with Crippen LogP contribution in [-0.4, -0.2) is 63.4 Å². The number of rotatable bonds is 3. The summed E-state index contributed by atoms with van der Waals surface area (Å²) >= 11 is 0. The third-order valence-corrected chi connectivity index (χ3v) is 7.08. The van der Waals surface area contributed by atoms with Crippen LogP contribution in [0.25, 0.3) is 28.3 Å². The second kappa shape index (κ2) is 7.61. The van der Waals surface area contributed by atoms with Crippen LogP contribution in [0.1, 0.15) is 11.1 Å². The van der Waals surface area contributed by atoms with Gasteiger partial charge in [-0.2, -0.15) is 5.26 Å². The number of fused-ring (bicyclic) bond motifs is 5. The summed E-state index contributed by atoms with van der Waals surface area (Å²) in [6, 6.07) is 18.3. The van der Waals surface area contributed by atoms with Gasteiger partial charge in [-0.15, -0.1) is 5.10 Å². The van der Waals surface area contributed by atoms with Crippen molar-refractivity contribution in [2.45, 2.75) is 18.8 Å². The molecule has 1 saturated heterocycles. The predicted molar refractivity (Wildman–Crippen MR) is 130 cm³/mol. The first-order valence-corrected chi connectivity index (χ1v) is 11.4. The minimum absolute atomic E-state index is 0.0925. The van der Waals surface area contributed by atoms with Crippen LogP contribution in [0, 0.1) is 11.3 Å². The highest BCUT2D eigenvalue weighted by atomic mass is 19.1. The highest BCUT2D eigenvalue weighted by Gasteiger charge is 2.35. The Bertz CT molecular complexity index is 1420. The second-order valence-corrected chi connectivity index (χ2v) is 9.42. The average molecular weight is 456 g/mol. The molecule has 0 amide bonds. The third kappa shape index (κ3) is 3.16. The maximum Gasteiger partial charge on any atom is 0.199 e. The lowest BCUT2D eigenvalue weighted by molar-refractivity contribution is 0.202. The van der Waals surface area contributed by atoms with E-state index in [-0.39, 0.29) is 6.04 Å². The van der Waals surface area contributed by atoms with Gasteiger partial charge in [0.2, 0.25) is 0 Å². The zero-order valence-electron chi connectivity index (χ0n) is 19.5. The molecule has 0 bridgehead atoms. The van der Waals surface area contributed by atoms with Gasteiger partial charge in [0.15, 0.2) is 5.82 Å². The van der Waals surface area contributed by atoms with Crippen LogP contribution in [0.3, 0.4) is 0 Å². The fourth-order valence-corrected chi connectivity index (χ4v) is 5.21. The molecule has 2 aliphatic heterocycles. The molecule has 2 aliphatic rings. The molecule has 4 aromatic rings. The van der Waals surface area contributed by atoms with Gasteiger partial charge in [-0.3, -0.25) is 0 Å². The molecule has 4 heterocycles. The summed E-state index contributed by atoms with van der Waals surface area (Å²) in [6.07, 6.45) is 1.28. The van der Waals surface area contributed by atoms with Gasteiger partial charge < -0.3 is 14.4 Å². The molecule has 6 rings (SSSR count). The number of likely N-dealkylation sites (N-methyl/N-ethyl adjacent to an activating group) is 1. The Morgan fingerprint density at radius 3 is 2.53 bits per heavy atom. The Kier molecular flexibility index (Phi) is 4.64. The van der Waals surface area contributed by atoms with Crippen molar-refractivity contribution in [3.8, 4) is 34.4 Å². The van der Waals surface area contributed by atoms with E-state index in [4.69, 9.17) is 5.26 Å². The van der Waals surface area contributed by atoms with Crippen LogP contribution in [-0.2, 0) is 13.6 Å². The Morgan fingerprint density at radius 1 is 1.06 bits per heavy atom. The quantitative estimate of drug-likeness (QED) is 0.417. The van der Waals surface area contributed by atoms with Crippen LogP contribution in [0.15, 0.2) is 54.7 Å². The van der Waals surface area contributed by atoms with Crippen molar-refractivity contribution in [2.75, 3.05) is 32.1 Å². The predicted octanol–water partition coefficient (Wildman–Crippen LogP) is 3.67. The molecular formula is C26H26FN7. The van der Waals surface area contributed by atoms with Crippen LogP contribution in [0.5, 0.6) is 0 Å². The lowest BCUT2D eigenvalue weighted by Crippen LogP contribution is -2.36. The molecule has 7 nitrogen and oxygen atoms in total. The maximum absolute atomic E-state index is 14.6. The standard InChI is InChI=1S/C26H26FN7/c1-30(2)25-16-32(15-22(25)27)21-8-9-23-20(10-21)14-33-13-19(18-6-4-17(12-28)5-7-18)11-24(33)26-29-31(3)34(23)26/h4-11,13,22,25H,14-16H2,1-3H3/t22-,25-/m0/s1. The topological polar surface area (TPSA) is 58.0 Å². The fourth-order valence-electron chi connectivity index (χ4n) is 5.21. The van der Waals surface area contributed by atoms with E-state index in [0.717, 1.165) is 34.0 Å². The number of aryl methyl sites for hydroxylation is 1. The van der Waals surface area contributed by atoms with Crippen molar-refractivity contribution in [1.82, 2.24) is 24.0 Å². The summed E-state index contributed by atoms with van der Waals surface area (Å²) in [4.78, 5) is 5.98. The zero-order valence-corrected chi connectivity index (χ0v) is 19.5. The van der Waals surface area contributed by atoms with Crippen molar-refractivity contribution < 1.29 is 4.39 Å². The van der Waals surface area contributed by atoms with Crippen LogP contribution < -0.4 is 4.90 Å². The van der Waals surface area contributed by atoms with E-state index >= 15 is 0 Å². The van der Waals surface area contributed by atoms with Crippen LogP contribution in [0.2, 0.25) is 0 Å². The van der Waals surface area contributed by atoms with Gasteiger partial charge in [-0.1, -0.05) is 12.1 Å². The SMILES string of the molecule is CN(C)[C@H]1CN(c2ccc3c(c2)Cn2cc(-c4ccc(C#N)cc4)cc2-c2nn(C)n2-3)C[C@@H]1F. The largest absolute Gasteiger partial charge is 0.367 e. The molecule has 0 N–H and O–H groups in total. The Morgan fingerprint density at radius 2 is 1.85 bits per heavy atom. The number of anilines is 1. The molecule has 2 aromatic carbocycles. The van der Waals surface area contributed by atoms with E-state index in [2.05, 4.69) is 55.8 Å². The molecule has 8 heteroatoms. The van der Waals surface area contributed by atoms with Gasteiger partial charge in [0.05, 0.1) is 35.6 Å². The molecule has 0 aliphatic carbocycles. The molecule has 2 aromatic heterocycles. The van der Waals surface area contributed by atoms with E-state index in [9.17, 15) is 4.39 Å². The molecule has 0 radical (unpaired) electrons. The van der Waals surface area contributed by atoms with Gasteiger partial charge >= 0.3 is 0 Å². The van der Waals surface area contributed by atoms with Crippen LogP contribution >= 0.6 is 0 Å². The number of aromatic nitrogens is 4. The van der Waals surface area contributed by atoms with Gasteiger partial charge in [-0.25, -0.2) is 13.9 Å². The lowest BCUT2D eigenvalue weighted by atomic mass is 10.1.